The number of nitrogens with zero attached hydrogens (tertiary/aromatic N) is 3. The van der Waals surface area contributed by atoms with Gasteiger partial charge in [-0.2, -0.15) is 10.5 Å². The SMILES string of the molecule is N#Cc1cccc(C#N)c1Oc1cc([C@H]2CC(=O)N(c3ccc(S(N)(=O)=O)cc3)C2)ccc1Cl. The molecule has 1 fully saturated rings. The number of primary sulfonamides is 1. The molecule has 0 aromatic heterocycles. The normalized spacial score (nSPS) is 15.6. The van der Waals surface area contributed by atoms with Crippen LogP contribution in [-0.2, 0) is 14.8 Å². The monoisotopic (exact) mass is 492 g/mol. The predicted molar refractivity (Wildman–Crippen MR) is 125 cm³/mol. The maximum absolute atomic E-state index is 12.7. The molecule has 170 valence electrons. The van der Waals surface area contributed by atoms with Crippen LogP contribution in [0.3, 0.4) is 0 Å². The fraction of sp³-hybridized carbons (Fsp3) is 0.125. The van der Waals surface area contributed by atoms with E-state index < -0.39 is 10.0 Å². The second-order valence-corrected chi connectivity index (χ2v) is 9.61. The predicted octanol–water partition coefficient (Wildman–Crippen LogP) is 4.04. The summed E-state index contributed by atoms with van der Waals surface area (Å²) in [6.45, 7) is 0.368. The molecule has 0 aliphatic carbocycles. The number of amides is 1. The third-order valence-corrected chi connectivity index (χ3v) is 6.74. The van der Waals surface area contributed by atoms with E-state index in [4.69, 9.17) is 21.5 Å². The molecular formula is C24H17ClN4O4S. The van der Waals surface area contributed by atoms with Crippen LogP contribution in [0.4, 0.5) is 5.69 Å². The molecule has 34 heavy (non-hydrogen) atoms. The standard InChI is InChI=1S/C24H17ClN4O4S/c25-21-9-4-15(10-22(21)33-24-16(12-26)2-1-3-17(24)13-27)18-11-23(30)29(14-18)19-5-7-20(8-6-19)34(28,31)32/h1-10,18H,11,14H2,(H2,28,31,32)/t18-/m0/s1. The third kappa shape index (κ3) is 4.59. The van der Waals surface area contributed by atoms with E-state index in [-0.39, 0.29) is 45.8 Å². The van der Waals surface area contributed by atoms with Crippen molar-refractivity contribution in [1.29, 1.82) is 10.5 Å². The smallest absolute Gasteiger partial charge is 0.238 e. The molecule has 0 unspecified atom stereocenters. The average molecular weight is 493 g/mol. The minimum Gasteiger partial charge on any atom is -0.453 e. The van der Waals surface area contributed by atoms with Crippen molar-refractivity contribution in [2.75, 3.05) is 11.4 Å². The van der Waals surface area contributed by atoms with Gasteiger partial charge in [0.15, 0.2) is 5.75 Å². The average Bonchev–Trinajstić information content (AvgIpc) is 3.21. The summed E-state index contributed by atoms with van der Waals surface area (Å²) in [5.41, 5.74) is 1.76. The third-order valence-electron chi connectivity index (χ3n) is 5.50. The number of halogens is 1. The van der Waals surface area contributed by atoms with Crippen molar-refractivity contribution in [2.24, 2.45) is 5.14 Å². The van der Waals surface area contributed by atoms with Crippen LogP contribution in [0, 0.1) is 22.7 Å². The number of anilines is 1. The van der Waals surface area contributed by atoms with Gasteiger partial charge in [-0.05, 0) is 54.1 Å². The number of hydrogen-bond donors (Lipinski definition) is 1. The molecule has 4 rings (SSSR count). The summed E-state index contributed by atoms with van der Waals surface area (Å²) in [5, 5.41) is 24.2. The largest absolute Gasteiger partial charge is 0.453 e. The van der Waals surface area contributed by atoms with E-state index in [0.29, 0.717) is 17.3 Å². The van der Waals surface area contributed by atoms with Gasteiger partial charge in [0.1, 0.15) is 17.9 Å². The Morgan fingerprint density at radius 2 is 1.68 bits per heavy atom. The van der Waals surface area contributed by atoms with Crippen molar-refractivity contribution < 1.29 is 17.9 Å². The van der Waals surface area contributed by atoms with Gasteiger partial charge < -0.3 is 9.64 Å². The lowest BCUT2D eigenvalue weighted by molar-refractivity contribution is -0.117. The molecule has 10 heteroatoms. The Kier molecular flexibility index (Phi) is 6.27. The first-order valence-electron chi connectivity index (χ1n) is 10.0. The lowest BCUT2D eigenvalue weighted by Crippen LogP contribution is -2.24. The van der Waals surface area contributed by atoms with Gasteiger partial charge in [-0.25, -0.2) is 13.6 Å². The number of hydrogen-bond acceptors (Lipinski definition) is 6. The molecule has 1 aliphatic heterocycles. The maximum Gasteiger partial charge on any atom is 0.238 e. The van der Waals surface area contributed by atoms with Crippen LogP contribution in [0.25, 0.3) is 0 Å². The van der Waals surface area contributed by atoms with E-state index in [2.05, 4.69) is 0 Å². The molecule has 1 aliphatic rings. The number of nitriles is 2. The van der Waals surface area contributed by atoms with Crippen molar-refractivity contribution >= 4 is 33.2 Å². The summed E-state index contributed by atoms with van der Waals surface area (Å²) in [6.07, 6.45) is 0.232. The number of nitrogens with two attached hydrogens (primary N) is 1. The number of sulfonamides is 1. The van der Waals surface area contributed by atoms with Crippen LogP contribution in [0.2, 0.25) is 5.02 Å². The summed E-state index contributed by atoms with van der Waals surface area (Å²) in [7, 11) is -3.83. The van der Waals surface area contributed by atoms with Crippen molar-refractivity contribution in [3.8, 4) is 23.6 Å². The molecule has 1 heterocycles. The molecule has 2 N–H and O–H groups in total. The molecule has 3 aromatic rings. The Morgan fingerprint density at radius 3 is 2.26 bits per heavy atom. The Morgan fingerprint density at radius 1 is 1.03 bits per heavy atom. The van der Waals surface area contributed by atoms with Gasteiger partial charge in [0.05, 0.1) is 21.0 Å². The fourth-order valence-corrected chi connectivity index (χ4v) is 4.45. The van der Waals surface area contributed by atoms with Crippen molar-refractivity contribution in [3.63, 3.8) is 0 Å². The van der Waals surface area contributed by atoms with Crippen LogP contribution in [-0.4, -0.2) is 20.9 Å². The summed E-state index contributed by atoms with van der Waals surface area (Å²) >= 11 is 6.32. The van der Waals surface area contributed by atoms with Crippen LogP contribution in [0.1, 0.15) is 29.0 Å². The highest BCUT2D eigenvalue weighted by atomic mass is 35.5. The number of benzene rings is 3. The van der Waals surface area contributed by atoms with Crippen LogP contribution in [0.5, 0.6) is 11.5 Å². The van der Waals surface area contributed by atoms with Crippen LogP contribution < -0.4 is 14.8 Å². The zero-order valence-electron chi connectivity index (χ0n) is 17.6. The first-order chi connectivity index (χ1) is 16.2. The molecule has 0 bridgehead atoms. The Hall–Kier alpha value is -3.89. The highest BCUT2D eigenvalue weighted by Crippen LogP contribution is 2.38. The number of para-hydroxylation sites is 1. The maximum atomic E-state index is 12.7. The molecule has 3 aromatic carbocycles. The zero-order chi connectivity index (χ0) is 24.5. The fourth-order valence-electron chi connectivity index (χ4n) is 3.78. The van der Waals surface area contributed by atoms with Gasteiger partial charge in [-0.3, -0.25) is 4.79 Å². The van der Waals surface area contributed by atoms with Crippen LogP contribution >= 0.6 is 11.6 Å². The first-order valence-corrected chi connectivity index (χ1v) is 12.0. The summed E-state index contributed by atoms with van der Waals surface area (Å²) in [6, 6.07) is 19.6. The Balaban J connectivity index is 1.60. The highest BCUT2D eigenvalue weighted by molar-refractivity contribution is 7.89. The second-order valence-electron chi connectivity index (χ2n) is 7.64. The summed E-state index contributed by atoms with van der Waals surface area (Å²) in [4.78, 5) is 14.2. The number of carbonyl (C=O) groups is 1. The number of carbonyl (C=O) groups excluding carboxylic acids is 1. The van der Waals surface area contributed by atoms with Gasteiger partial charge in [0, 0.05) is 24.6 Å². The molecule has 0 radical (unpaired) electrons. The molecule has 1 atom stereocenters. The highest BCUT2D eigenvalue weighted by Gasteiger charge is 2.32. The van der Waals surface area contributed by atoms with Gasteiger partial charge in [0.25, 0.3) is 0 Å². The quantitative estimate of drug-likeness (QED) is 0.570. The van der Waals surface area contributed by atoms with E-state index in [0.717, 1.165) is 5.56 Å². The van der Waals surface area contributed by atoms with Gasteiger partial charge >= 0.3 is 0 Å². The van der Waals surface area contributed by atoms with Crippen molar-refractivity contribution in [1.82, 2.24) is 0 Å². The van der Waals surface area contributed by atoms with Crippen molar-refractivity contribution in [2.45, 2.75) is 17.2 Å². The van der Waals surface area contributed by atoms with Gasteiger partial charge in [-0.15, -0.1) is 0 Å². The van der Waals surface area contributed by atoms with Crippen LogP contribution in [0.15, 0.2) is 65.6 Å². The lowest BCUT2D eigenvalue weighted by Gasteiger charge is -2.18. The van der Waals surface area contributed by atoms with E-state index in [1.165, 1.54) is 12.1 Å². The van der Waals surface area contributed by atoms with Gasteiger partial charge in [-0.1, -0.05) is 23.7 Å². The van der Waals surface area contributed by atoms with E-state index >= 15 is 0 Å². The van der Waals surface area contributed by atoms with E-state index in [1.54, 1.807) is 53.4 Å². The van der Waals surface area contributed by atoms with E-state index in [9.17, 15) is 23.7 Å². The van der Waals surface area contributed by atoms with E-state index in [1.807, 2.05) is 12.1 Å². The van der Waals surface area contributed by atoms with Crippen molar-refractivity contribution in [3.05, 3.63) is 82.4 Å². The minimum absolute atomic E-state index is 0.0340. The Bertz CT molecular complexity index is 1440. The molecule has 0 saturated carbocycles. The first kappa shape index (κ1) is 23.3. The molecule has 0 spiro atoms. The van der Waals surface area contributed by atoms with Gasteiger partial charge in [0.2, 0.25) is 15.9 Å². The number of ether oxygens (including phenoxy) is 1. The summed E-state index contributed by atoms with van der Waals surface area (Å²) < 4.78 is 28.8. The second kappa shape index (κ2) is 9.16. The molecule has 1 saturated heterocycles. The lowest BCUT2D eigenvalue weighted by atomic mass is 9.98. The molecule has 8 nitrogen and oxygen atoms in total. The zero-order valence-corrected chi connectivity index (χ0v) is 19.2. The number of rotatable bonds is 5. The topological polar surface area (TPSA) is 137 Å². The Labute approximate surface area is 201 Å². The summed E-state index contributed by atoms with van der Waals surface area (Å²) in [5.74, 6) is 0.0893. The molecule has 1 amide bonds. The minimum atomic E-state index is -3.83. The molecular weight excluding hydrogens is 476 g/mol.